The van der Waals surface area contributed by atoms with Crippen molar-refractivity contribution >= 4 is 34.7 Å². The van der Waals surface area contributed by atoms with Crippen molar-refractivity contribution in [2.24, 2.45) is 0 Å². The molecule has 0 saturated carbocycles. The molecule has 0 bridgehead atoms. The molecule has 0 spiro atoms. The molecule has 0 radical (unpaired) electrons. The van der Waals surface area contributed by atoms with E-state index in [1.54, 1.807) is 41.8 Å². The van der Waals surface area contributed by atoms with Crippen LogP contribution in [-0.2, 0) is 14.3 Å². The van der Waals surface area contributed by atoms with E-state index in [1.165, 1.54) is 11.3 Å². The topological polar surface area (TPSA) is 81.7 Å². The Hall–Kier alpha value is -3.45. The van der Waals surface area contributed by atoms with E-state index >= 15 is 0 Å². The van der Waals surface area contributed by atoms with Gasteiger partial charge in [0.2, 0.25) is 11.7 Å². The molecular weight excluding hydrogens is 414 g/mol. The second-order valence-corrected chi connectivity index (χ2v) is 7.90. The molecular formula is C24H23NO5S. The molecule has 0 unspecified atom stereocenters. The van der Waals surface area contributed by atoms with Gasteiger partial charge in [-0.25, -0.2) is 0 Å². The third-order valence-corrected chi connectivity index (χ3v) is 5.39. The van der Waals surface area contributed by atoms with E-state index in [4.69, 9.17) is 9.47 Å². The number of ether oxygens (including phenoxy) is 2. The lowest BCUT2D eigenvalue weighted by Gasteiger charge is -2.12. The summed E-state index contributed by atoms with van der Waals surface area (Å²) < 4.78 is 10.9. The van der Waals surface area contributed by atoms with E-state index in [0.29, 0.717) is 16.3 Å². The molecule has 0 atom stereocenters. The molecule has 0 aliphatic heterocycles. The zero-order chi connectivity index (χ0) is 22.2. The van der Waals surface area contributed by atoms with Gasteiger partial charge in [-0.1, -0.05) is 24.3 Å². The highest BCUT2D eigenvalue weighted by Crippen LogP contribution is 2.29. The van der Waals surface area contributed by atoms with Crippen LogP contribution in [0.15, 0.2) is 60.0 Å². The van der Waals surface area contributed by atoms with Crippen molar-refractivity contribution in [1.82, 2.24) is 0 Å². The number of nitrogens with one attached hydrogen (secondary N) is 1. The summed E-state index contributed by atoms with van der Waals surface area (Å²) in [6.07, 6.45) is -0.135. The first-order valence-electron chi connectivity index (χ1n) is 9.78. The van der Waals surface area contributed by atoms with Crippen LogP contribution in [0.4, 0.5) is 5.69 Å². The van der Waals surface area contributed by atoms with Crippen LogP contribution in [-0.4, -0.2) is 24.3 Å². The zero-order valence-corrected chi connectivity index (χ0v) is 18.2. The summed E-state index contributed by atoms with van der Waals surface area (Å²) in [7, 11) is 0. The molecule has 2 aromatic carbocycles. The molecule has 0 aliphatic carbocycles. The lowest BCUT2D eigenvalue weighted by atomic mass is 10.1. The second-order valence-electron chi connectivity index (χ2n) is 6.96. The van der Waals surface area contributed by atoms with Gasteiger partial charge in [-0.05, 0) is 60.7 Å². The van der Waals surface area contributed by atoms with Crippen molar-refractivity contribution in [3.8, 4) is 11.5 Å². The van der Waals surface area contributed by atoms with Crippen molar-refractivity contribution in [3.63, 3.8) is 0 Å². The van der Waals surface area contributed by atoms with Gasteiger partial charge in [-0.2, -0.15) is 0 Å². The van der Waals surface area contributed by atoms with Gasteiger partial charge in [0, 0.05) is 12.1 Å². The standard InChI is InChI=1S/C24H23NO5S/c1-16-5-3-6-17(2)24(16)30-19-10-8-18(9-11-19)25-22(27)12-13-23(28)29-15-20(26)21-7-4-14-31-21/h3-11,14H,12-13,15H2,1-2H3,(H,25,27). The van der Waals surface area contributed by atoms with Gasteiger partial charge in [0.15, 0.2) is 6.61 Å². The van der Waals surface area contributed by atoms with E-state index in [9.17, 15) is 14.4 Å². The third-order valence-electron chi connectivity index (χ3n) is 4.48. The Morgan fingerprint density at radius 3 is 2.26 bits per heavy atom. The Kier molecular flexibility index (Phi) is 7.56. The van der Waals surface area contributed by atoms with Crippen molar-refractivity contribution in [3.05, 3.63) is 76.0 Å². The first kappa shape index (κ1) is 22.2. The summed E-state index contributed by atoms with van der Waals surface area (Å²) in [5, 5.41) is 4.51. The molecule has 7 heteroatoms. The third kappa shape index (κ3) is 6.52. The Labute approximate surface area is 184 Å². The van der Waals surface area contributed by atoms with Crippen LogP contribution in [0.2, 0.25) is 0 Å². The van der Waals surface area contributed by atoms with E-state index in [2.05, 4.69) is 5.32 Å². The first-order chi connectivity index (χ1) is 14.9. The summed E-state index contributed by atoms with van der Waals surface area (Å²) in [5.41, 5.74) is 2.68. The minimum atomic E-state index is -0.586. The molecule has 1 heterocycles. The van der Waals surface area contributed by atoms with Crippen LogP contribution < -0.4 is 10.1 Å². The molecule has 31 heavy (non-hydrogen) atoms. The number of hydrogen-bond donors (Lipinski definition) is 1. The first-order valence-corrected chi connectivity index (χ1v) is 10.7. The highest BCUT2D eigenvalue weighted by Gasteiger charge is 2.13. The maximum atomic E-state index is 12.1. The van der Waals surface area contributed by atoms with Crippen LogP contribution in [0.25, 0.3) is 0 Å². The number of esters is 1. The molecule has 0 aliphatic rings. The molecule has 3 aromatic rings. The van der Waals surface area contributed by atoms with E-state index in [0.717, 1.165) is 16.9 Å². The predicted octanol–water partition coefficient (Wildman–Crippen LogP) is 5.30. The van der Waals surface area contributed by atoms with Gasteiger partial charge < -0.3 is 14.8 Å². The number of benzene rings is 2. The van der Waals surface area contributed by atoms with Gasteiger partial charge in [-0.15, -0.1) is 11.3 Å². The van der Waals surface area contributed by atoms with Crippen molar-refractivity contribution in [1.29, 1.82) is 0 Å². The van der Waals surface area contributed by atoms with Crippen molar-refractivity contribution < 1.29 is 23.9 Å². The smallest absolute Gasteiger partial charge is 0.306 e. The van der Waals surface area contributed by atoms with Gasteiger partial charge in [-0.3, -0.25) is 14.4 Å². The summed E-state index contributed by atoms with van der Waals surface area (Å²) in [6.45, 7) is 3.66. The molecule has 1 N–H and O–H groups in total. The van der Waals surface area contributed by atoms with E-state index in [1.807, 2.05) is 32.0 Å². The molecule has 6 nitrogen and oxygen atoms in total. The summed E-state index contributed by atoms with van der Waals surface area (Å²) in [5.74, 6) is 0.322. The maximum Gasteiger partial charge on any atom is 0.306 e. The number of hydrogen-bond acceptors (Lipinski definition) is 6. The van der Waals surface area contributed by atoms with Crippen LogP contribution in [0, 0.1) is 13.8 Å². The maximum absolute atomic E-state index is 12.1. The lowest BCUT2D eigenvalue weighted by molar-refractivity contribution is -0.143. The number of para-hydroxylation sites is 1. The number of amides is 1. The minimum Gasteiger partial charge on any atom is -0.457 e. The highest BCUT2D eigenvalue weighted by molar-refractivity contribution is 7.12. The van der Waals surface area contributed by atoms with Crippen LogP contribution in [0.1, 0.15) is 33.6 Å². The molecule has 3 rings (SSSR count). The molecule has 1 amide bonds. The fourth-order valence-corrected chi connectivity index (χ4v) is 3.50. The normalized spacial score (nSPS) is 10.4. The Morgan fingerprint density at radius 2 is 1.61 bits per heavy atom. The second kappa shape index (κ2) is 10.5. The number of Topliss-reactive ketones (excluding diaryl/α,β-unsaturated/α-hetero) is 1. The van der Waals surface area contributed by atoms with Gasteiger partial charge in [0.25, 0.3) is 0 Å². The molecule has 160 valence electrons. The van der Waals surface area contributed by atoms with Crippen LogP contribution in [0.5, 0.6) is 11.5 Å². The van der Waals surface area contributed by atoms with Gasteiger partial charge >= 0.3 is 5.97 Å². The Bertz CT molecular complexity index is 1040. The Balaban J connectivity index is 1.43. The summed E-state index contributed by atoms with van der Waals surface area (Å²) >= 11 is 1.29. The summed E-state index contributed by atoms with van der Waals surface area (Å²) in [6, 6.07) is 16.4. The van der Waals surface area contributed by atoms with E-state index in [-0.39, 0.29) is 31.1 Å². The van der Waals surface area contributed by atoms with E-state index < -0.39 is 5.97 Å². The lowest BCUT2D eigenvalue weighted by Crippen LogP contribution is -2.17. The van der Waals surface area contributed by atoms with Crippen molar-refractivity contribution in [2.45, 2.75) is 26.7 Å². The molecule has 0 fully saturated rings. The average Bonchev–Trinajstić information content (AvgIpc) is 3.29. The number of rotatable bonds is 9. The fraction of sp³-hybridized carbons (Fsp3) is 0.208. The number of ketones is 1. The molecule has 1 aromatic heterocycles. The highest BCUT2D eigenvalue weighted by atomic mass is 32.1. The number of aryl methyl sites for hydroxylation is 2. The zero-order valence-electron chi connectivity index (χ0n) is 17.3. The number of thiophene rings is 1. The quantitative estimate of drug-likeness (QED) is 0.363. The Morgan fingerprint density at radius 1 is 0.903 bits per heavy atom. The van der Waals surface area contributed by atoms with Crippen LogP contribution in [0.3, 0.4) is 0 Å². The fourth-order valence-electron chi connectivity index (χ4n) is 2.85. The number of carbonyl (C=O) groups excluding carboxylic acids is 3. The summed E-state index contributed by atoms with van der Waals surface area (Å²) in [4.78, 5) is 36.2. The van der Waals surface area contributed by atoms with Gasteiger partial charge in [0.05, 0.1) is 11.3 Å². The SMILES string of the molecule is Cc1cccc(C)c1Oc1ccc(NC(=O)CCC(=O)OCC(=O)c2cccs2)cc1. The largest absolute Gasteiger partial charge is 0.457 e. The number of anilines is 1. The van der Waals surface area contributed by atoms with Crippen LogP contribution >= 0.6 is 11.3 Å². The minimum absolute atomic E-state index is 0.0350. The average molecular weight is 438 g/mol. The predicted molar refractivity (Wildman–Crippen MR) is 120 cm³/mol. The monoisotopic (exact) mass is 437 g/mol. The number of carbonyl (C=O) groups is 3. The van der Waals surface area contributed by atoms with Crippen molar-refractivity contribution in [2.75, 3.05) is 11.9 Å². The molecule has 0 saturated heterocycles. The van der Waals surface area contributed by atoms with Gasteiger partial charge in [0.1, 0.15) is 11.5 Å².